The Hall–Kier alpha value is -4.09. The minimum absolute atomic E-state index is 0.100. The van der Waals surface area contributed by atoms with Crippen molar-refractivity contribution in [2.24, 2.45) is 4.99 Å². The lowest BCUT2D eigenvalue weighted by Gasteiger charge is -2.27. The third-order valence-corrected chi connectivity index (χ3v) is 5.86. The number of hydrogen-bond donors (Lipinski definition) is 1. The van der Waals surface area contributed by atoms with E-state index in [0.717, 1.165) is 12.1 Å². The third kappa shape index (κ3) is 5.58. The number of aliphatic imine (C=N–C) groups is 1. The van der Waals surface area contributed by atoms with Crippen LogP contribution >= 0.6 is 0 Å². The highest BCUT2D eigenvalue weighted by Gasteiger charge is 2.36. The van der Waals surface area contributed by atoms with Crippen LogP contribution in [0.5, 0.6) is 23.0 Å². The van der Waals surface area contributed by atoms with Crippen LogP contribution in [0.25, 0.3) is 10.9 Å². The molecule has 3 aromatic rings. The maximum atomic E-state index is 15.1. The second kappa shape index (κ2) is 11.5. The van der Waals surface area contributed by atoms with Gasteiger partial charge in [0.25, 0.3) is 5.91 Å². The maximum Gasteiger partial charge on any atom is 0.261 e. The highest BCUT2D eigenvalue weighted by atomic mass is 19.1. The Labute approximate surface area is 218 Å². The standard InChI is InChI=1S/C27H27F2N3O6/c1-16(15-34-2)37-24-13-18-21(14-23(24)35-3)31-8-5-22(18)38-25-19(28)11-17(12-20(25)29)32-26(33)27(36-4)6-9-30-10-7-27/h5-6,8-14,16H,7,15H2,1-4H3,(H,32,33)/t16?,27-/m1/s1. The third-order valence-electron chi connectivity index (χ3n) is 5.86. The van der Waals surface area contributed by atoms with Gasteiger partial charge in [-0.25, -0.2) is 8.78 Å². The zero-order chi connectivity index (χ0) is 27.3. The number of halogens is 2. The summed E-state index contributed by atoms with van der Waals surface area (Å²) in [7, 11) is 4.42. The second-order valence-corrected chi connectivity index (χ2v) is 8.48. The van der Waals surface area contributed by atoms with E-state index < -0.39 is 28.9 Å². The normalized spacial score (nSPS) is 17.3. The lowest BCUT2D eigenvalue weighted by Crippen LogP contribution is -2.44. The minimum Gasteiger partial charge on any atom is -0.493 e. The molecule has 0 fully saturated rings. The number of aromatic nitrogens is 1. The van der Waals surface area contributed by atoms with Gasteiger partial charge in [0.2, 0.25) is 0 Å². The fourth-order valence-corrected chi connectivity index (χ4v) is 3.92. The highest BCUT2D eigenvalue weighted by Crippen LogP contribution is 2.39. The lowest BCUT2D eigenvalue weighted by atomic mass is 9.97. The molecule has 38 heavy (non-hydrogen) atoms. The molecule has 4 rings (SSSR count). The van der Waals surface area contributed by atoms with Crippen molar-refractivity contribution in [1.82, 2.24) is 4.98 Å². The smallest absolute Gasteiger partial charge is 0.261 e. The van der Waals surface area contributed by atoms with Gasteiger partial charge in [0.1, 0.15) is 11.9 Å². The Morgan fingerprint density at radius 2 is 1.87 bits per heavy atom. The molecule has 0 radical (unpaired) electrons. The molecule has 0 saturated carbocycles. The summed E-state index contributed by atoms with van der Waals surface area (Å²) in [5, 5.41) is 2.93. The van der Waals surface area contributed by atoms with Crippen molar-refractivity contribution < 1.29 is 37.3 Å². The Morgan fingerprint density at radius 1 is 1.11 bits per heavy atom. The molecule has 2 aromatic carbocycles. The molecule has 200 valence electrons. The van der Waals surface area contributed by atoms with Crippen molar-refractivity contribution >= 4 is 28.7 Å². The number of carbonyl (C=O) groups is 1. The second-order valence-electron chi connectivity index (χ2n) is 8.48. The molecule has 2 heterocycles. The highest BCUT2D eigenvalue weighted by molar-refractivity contribution is 6.01. The predicted molar refractivity (Wildman–Crippen MR) is 137 cm³/mol. The number of methoxy groups -OCH3 is 3. The Kier molecular flexibility index (Phi) is 8.18. The van der Waals surface area contributed by atoms with Crippen LogP contribution in [-0.2, 0) is 14.3 Å². The molecule has 2 atom stereocenters. The van der Waals surface area contributed by atoms with Crippen LogP contribution in [-0.4, -0.2) is 56.7 Å². The monoisotopic (exact) mass is 527 g/mol. The zero-order valence-corrected chi connectivity index (χ0v) is 21.3. The quantitative estimate of drug-likeness (QED) is 0.394. The van der Waals surface area contributed by atoms with Crippen LogP contribution in [0.3, 0.4) is 0 Å². The number of nitrogens with one attached hydrogen (secondary N) is 1. The number of rotatable bonds is 10. The lowest BCUT2D eigenvalue weighted by molar-refractivity contribution is -0.131. The summed E-state index contributed by atoms with van der Waals surface area (Å²) in [5.41, 5.74) is -0.969. The number of pyridine rings is 1. The molecule has 1 N–H and O–H groups in total. The van der Waals surface area contributed by atoms with Gasteiger partial charge in [0, 0.05) is 68.5 Å². The number of ether oxygens (including phenoxy) is 5. The molecule has 9 nitrogen and oxygen atoms in total. The number of fused-ring (bicyclic) bond motifs is 1. The van der Waals surface area contributed by atoms with Crippen molar-refractivity contribution in [3.8, 4) is 23.0 Å². The van der Waals surface area contributed by atoms with Gasteiger partial charge in [-0.05, 0) is 25.1 Å². The van der Waals surface area contributed by atoms with Crippen molar-refractivity contribution in [2.75, 3.05) is 33.3 Å². The van der Waals surface area contributed by atoms with Crippen molar-refractivity contribution in [1.29, 1.82) is 0 Å². The first-order chi connectivity index (χ1) is 18.3. The van der Waals surface area contributed by atoms with Crippen LogP contribution in [0.4, 0.5) is 14.5 Å². The SMILES string of the molecule is COCC(C)Oc1cc2c(Oc3c(F)cc(NC(=O)[C@@]4(OC)C=CN=CC4)cc3F)ccnc2cc1OC. The van der Waals surface area contributed by atoms with E-state index in [1.54, 1.807) is 19.2 Å². The number of benzene rings is 2. The number of carbonyl (C=O) groups excluding carboxylic acids is 1. The van der Waals surface area contributed by atoms with Gasteiger partial charge in [-0.1, -0.05) is 0 Å². The minimum atomic E-state index is -1.33. The predicted octanol–water partition coefficient (Wildman–Crippen LogP) is 5.04. The van der Waals surface area contributed by atoms with Gasteiger partial charge < -0.3 is 29.0 Å². The van der Waals surface area contributed by atoms with E-state index in [-0.39, 0.29) is 24.0 Å². The van der Waals surface area contributed by atoms with Gasteiger partial charge in [-0.2, -0.15) is 0 Å². The van der Waals surface area contributed by atoms with Gasteiger partial charge in [0.15, 0.2) is 34.5 Å². The van der Waals surface area contributed by atoms with E-state index in [1.165, 1.54) is 45.0 Å². The summed E-state index contributed by atoms with van der Waals surface area (Å²) in [6, 6.07) is 6.67. The van der Waals surface area contributed by atoms with Crippen LogP contribution < -0.4 is 19.5 Å². The van der Waals surface area contributed by atoms with Gasteiger partial charge in [0.05, 0.1) is 19.2 Å². The van der Waals surface area contributed by atoms with E-state index in [2.05, 4.69) is 15.3 Å². The fraction of sp³-hybridized carbons (Fsp3) is 0.296. The van der Waals surface area contributed by atoms with E-state index in [9.17, 15) is 4.79 Å². The molecule has 0 saturated heterocycles. The van der Waals surface area contributed by atoms with Crippen molar-refractivity contribution in [3.63, 3.8) is 0 Å². The van der Waals surface area contributed by atoms with E-state index in [0.29, 0.717) is 29.0 Å². The number of nitrogens with zero attached hydrogens (tertiary/aromatic N) is 2. The fourth-order valence-electron chi connectivity index (χ4n) is 3.92. The largest absolute Gasteiger partial charge is 0.493 e. The molecule has 0 spiro atoms. The van der Waals surface area contributed by atoms with E-state index >= 15 is 8.78 Å². The van der Waals surface area contributed by atoms with Crippen LogP contribution in [0.2, 0.25) is 0 Å². The summed E-state index contributed by atoms with van der Waals surface area (Å²) in [5.74, 6) is -2.33. The number of amides is 1. The average Bonchev–Trinajstić information content (AvgIpc) is 2.91. The molecule has 11 heteroatoms. The zero-order valence-electron chi connectivity index (χ0n) is 21.3. The molecule has 1 aliphatic rings. The van der Waals surface area contributed by atoms with E-state index in [4.69, 9.17) is 23.7 Å². The van der Waals surface area contributed by atoms with Crippen molar-refractivity contribution in [2.45, 2.75) is 25.0 Å². The summed E-state index contributed by atoms with van der Waals surface area (Å²) in [6.45, 7) is 2.16. The molecular formula is C27H27F2N3O6. The number of hydrogen-bond acceptors (Lipinski definition) is 8. The molecule has 1 amide bonds. The molecule has 1 aliphatic heterocycles. The first-order valence-corrected chi connectivity index (χ1v) is 11.7. The molecule has 0 bridgehead atoms. The van der Waals surface area contributed by atoms with Gasteiger partial charge >= 0.3 is 0 Å². The summed E-state index contributed by atoms with van der Waals surface area (Å²) >= 11 is 0. The number of anilines is 1. The summed E-state index contributed by atoms with van der Waals surface area (Å²) < 4.78 is 57.6. The average molecular weight is 528 g/mol. The topological polar surface area (TPSA) is 100 Å². The van der Waals surface area contributed by atoms with Crippen molar-refractivity contribution in [3.05, 3.63) is 60.4 Å². The van der Waals surface area contributed by atoms with Crippen LogP contribution in [0.1, 0.15) is 13.3 Å². The Bertz CT molecular complexity index is 1370. The van der Waals surface area contributed by atoms with Gasteiger partial charge in [-0.3, -0.25) is 14.8 Å². The van der Waals surface area contributed by atoms with Crippen LogP contribution in [0.15, 0.2) is 53.8 Å². The van der Waals surface area contributed by atoms with Gasteiger partial charge in [-0.15, -0.1) is 0 Å². The van der Waals surface area contributed by atoms with E-state index in [1.807, 2.05) is 6.92 Å². The molecular weight excluding hydrogens is 500 g/mol. The first-order valence-electron chi connectivity index (χ1n) is 11.7. The summed E-state index contributed by atoms with van der Waals surface area (Å²) in [4.78, 5) is 21.0. The maximum absolute atomic E-state index is 15.1. The molecule has 1 aromatic heterocycles. The summed E-state index contributed by atoms with van der Waals surface area (Å²) in [6.07, 6.45) is 5.75. The molecule has 1 unspecified atom stereocenters. The van der Waals surface area contributed by atoms with Crippen LogP contribution in [0, 0.1) is 11.6 Å². The first kappa shape index (κ1) is 27.0. The molecule has 0 aliphatic carbocycles. The Morgan fingerprint density at radius 3 is 2.50 bits per heavy atom. The Balaban J connectivity index is 1.63.